The van der Waals surface area contributed by atoms with E-state index < -0.39 is 0 Å². The van der Waals surface area contributed by atoms with Gasteiger partial charge in [0.2, 0.25) is 0 Å². The summed E-state index contributed by atoms with van der Waals surface area (Å²) in [4.78, 5) is 2.06. The van der Waals surface area contributed by atoms with Crippen LogP contribution in [-0.2, 0) is 11.3 Å². The maximum atomic E-state index is 5.91. The van der Waals surface area contributed by atoms with Crippen LogP contribution in [-0.4, -0.2) is 37.4 Å². The molecule has 4 nitrogen and oxygen atoms in total. The maximum Gasteiger partial charge on any atom is 0.173 e. The Morgan fingerprint density at radius 1 is 1.08 bits per heavy atom. The van der Waals surface area contributed by atoms with Crippen molar-refractivity contribution in [3.63, 3.8) is 0 Å². The molecule has 2 rings (SSSR count). The Labute approximate surface area is 153 Å². The molecule has 0 aliphatic carbocycles. The summed E-state index contributed by atoms with van der Waals surface area (Å²) in [5.41, 5.74) is 2.05. The molecule has 0 heterocycles. The number of methoxy groups -OCH3 is 2. The number of benzene rings is 2. The second-order valence-corrected chi connectivity index (χ2v) is 6.02. The lowest BCUT2D eigenvalue weighted by atomic mass is 10.2. The summed E-state index contributed by atoms with van der Waals surface area (Å²) in [6.07, 6.45) is 0. The van der Waals surface area contributed by atoms with Crippen molar-refractivity contribution in [2.45, 2.75) is 6.54 Å². The highest BCUT2D eigenvalue weighted by atomic mass is 35.5. The third-order valence-corrected chi connectivity index (χ3v) is 4.09. The van der Waals surface area contributed by atoms with E-state index in [1.165, 1.54) is 0 Å². The number of halogens is 1. The van der Waals surface area contributed by atoms with E-state index in [-0.39, 0.29) is 0 Å². The fraction of sp³-hybridized carbons (Fsp3) is 0.278. The summed E-state index contributed by atoms with van der Waals surface area (Å²) < 4.78 is 10.4. The molecule has 1 N–H and O–H groups in total. The van der Waals surface area contributed by atoms with Gasteiger partial charge < -0.3 is 19.7 Å². The predicted molar refractivity (Wildman–Crippen MR) is 103 cm³/mol. The molecule has 0 fully saturated rings. The molecule has 6 heteroatoms. The molecule has 0 saturated carbocycles. The van der Waals surface area contributed by atoms with Crippen molar-refractivity contribution in [3.8, 4) is 5.75 Å². The molecule has 0 spiro atoms. The number of hydrogen-bond donors (Lipinski definition) is 1. The van der Waals surface area contributed by atoms with Crippen molar-refractivity contribution >= 4 is 34.6 Å². The van der Waals surface area contributed by atoms with Crippen LogP contribution in [0.5, 0.6) is 5.75 Å². The second-order valence-electron chi connectivity index (χ2n) is 5.20. The highest BCUT2D eigenvalue weighted by molar-refractivity contribution is 7.80. The van der Waals surface area contributed by atoms with Gasteiger partial charge in [-0.05, 0) is 54.2 Å². The first-order chi connectivity index (χ1) is 11.6. The number of ether oxygens (including phenoxy) is 2. The van der Waals surface area contributed by atoms with Crippen molar-refractivity contribution in [2.75, 3.05) is 32.7 Å². The van der Waals surface area contributed by atoms with Crippen LogP contribution in [0.3, 0.4) is 0 Å². The molecule has 0 aliphatic heterocycles. The number of anilines is 1. The van der Waals surface area contributed by atoms with Gasteiger partial charge in [0, 0.05) is 30.9 Å². The minimum Gasteiger partial charge on any atom is -0.497 e. The van der Waals surface area contributed by atoms with E-state index >= 15 is 0 Å². The zero-order chi connectivity index (χ0) is 17.4. The van der Waals surface area contributed by atoms with Crippen molar-refractivity contribution in [3.05, 3.63) is 59.1 Å². The van der Waals surface area contributed by atoms with Crippen LogP contribution in [0, 0.1) is 0 Å². The number of thiocarbonyl (C=S) groups is 1. The normalized spacial score (nSPS) is 10.3. The van der Waals surface area contributed by atoms with E-state index in [1.54, 1.807) is 14.2 Å². The summed E-state index contributed by atoms with van der Waals surface area (Å²) in [6.45, 7) is 1.98. The molecule has 0 saturated heterocycles. The lowest BCUT2D eigenvalue weighted by Crippen LogP contribution is -2.36. The lowest BCUT2D eigenvalue weighted by molar-refractivity contribution is 0.175. The molecule has 0 atom stereocenters. The van der Waals surface area contributed by atoms with E-state index in [9.17, 15) is 0 Å². The van der Waals surface area contributed by atoms with Crippen molar-refractivity contribution in [1.82, 2.24) is 4.90 Å². The van der Waals surface area contributed by atoms with Crippen LogP contribution in [0.15, 0.2) is 48.5 Å². The van der Waals surface area contributed by atoms with Gasteiger partial charge in [-0.15, -0.1) is 0 Å². The van der Waals surface area contributed by atoms with Gasteiger partial charge in [-0.1, -0.05) is 23.7 Å². The molecule has 128 valence electrons. The standard InChI is InChI=1S/C18H21ClN2O2S/c1-22-12-11-21(13-14-3-9-17(23-2)10-4-14)18(24)20-16-7-5-15(19)6-8-16/h3-10H,11-13H2,1-2H3,(H,20,24). The Kier molecular flexibility index (Phi) is 7.31. The lowest BCUT2D eigenvalue weighted by Gasteiger charge is -2.26. The van der Waals surface area contributed by atoms with Crippen molar-refractivity contribution in [1.29, 1.82) is 0 Å². The van der Waals surface area contributed by atoms with Gasteiger partial charge in [0.05, 0.1) is 13.7 Å². The predicted octanol–water partition coefficient (Wildman–Crippen LogP) is 4.19. The summed E-state index contributed by atoms with van der Waals surface area (Å²) in [5.74, 6) is 0.837. The molecular weight excluding hydrogens is 344 g/mol. The third-order valence-electron chi connectivity index (χ3n) is 3.48. The summed E-state index contributed by atoms with van der Waals surface area (Å²) >= 11 is 11.5. The second kappa shape index (κ2) is 9.47. The van der Waals surface area contributed by atoms with Gasteiger partial charge in [0.15, 0.2) is 5.11 Å². The summed E-state index contributed by atoms with van der Waals surface area (Å²) in [6, 6.07) is 15.4. The molecule has 0 radical (unpaired) electrons. The molecule has 0 amide bonds. The van der Waals surface area contributed by atoms with E-state index in [0.717, 1.165) is 17.0 Å². The number of nitrogens with zero attached hydrogens (tertiary/aromatic N) is 1. The molecule has 0 unspecified atom stereocenters. The van der Waals surface area contributed by atoms with Crippen molar-refractivity contribution < 1.29 is 9.47 Å². The molecule has 0 bridgehead atoms. The SMILES string of the molecule is COCCN(Cc1ccc(OC)cc1)C(=S)Nc1ccc(Cl)cc1. The van der Waals surface area contributed by atoms with Gasteiger partial charge >= 0.3 is 0 Å². The average Bonchev–Trinajstić information content (AvgIpc) is 2.61. The Morgan fingerprint density at radius 2 is 1.75 bits per heavy atom. The van der Waals surface area contributed by atoms with Gasteiger partial charge in [0.1, 0.15) is 5.75 Å². The third kappa shape index (κ3) is 5.67. The fourth-order valence-electron chi connectivity index (χ4n) is 2.14. The van der Waals surface area contributed by atoms with Crippen LogP contribution in [0.1, 0.15) is 5.56 Å². The largest absolute Gasteiger partial charge is 0.497 e. The molecule has 0 aliphatic rings. The van der Waals surface area contributed by atoms with Gasteiger partial charge in [0.25, 0.3) is 0 Å². The molecule has 2 aromatic carbocycles. The Morgan fingerprint density at radius 3 is 2.33 bits per heavy atom. The quantitative estimate of drug-likeness (QED) is 0.745. The molecular formula is C18H21ClN2O2S. The number of hydrogen-bond acceptors (Lipinski definition) is 3. The van der Waals surface area contributed by atoms with Crippen LogP contribution in [0.4, 0.5) is 5.69 Å². The Balaban J connectivity index is 2.04. The Hall–Kier alpha value is -1.82. The molecule has 0 aromatic heterocycles. The first kappa shape index (κ1) is 18.5. The maximum absolute atomic E-state index is 5.91. The van der Waals surface area contributed by atoms with E-state index in [2.05, 4.69) is 10.2 Å². The van der Waals surface area contributed by atoms with Gasteiger partial charge in [-0.2, -0.15) is 0 Å². The highest BCUT2D eigenvalue weighted by Crippen LogP contribution is 2.16. The summed E-state index contributed by atoms with van der Waals surface area (Å²) in [7, 11) is 3.34. The van der Waals surface area contributed by atoms with Crippen LogP contribution in [0.25, 0.3) is 0 Å². The highest BCUT2D eigenvalue weighted by Gasteiger charge is 2.11. The number of rotatable bonds is 7. The Bertz CT molecular complexity index is 647. The minimum absolute atomic E-state index is 0.596. The first-order valence-corrected chi connectivity index (χ1v) is 8.34. The zero-order valence-corrected chi connectivity index (χ0v) is 15.4. The van der Waals surface area contributed by atoms with Crippen LogP contribution in [0.2, 0.25) is 5.02 Å². The average molecular weight is 365 g/mol. The van der Waals surface area contributed by atoms with Crippen molar-refractivity contribution in [2.24, 2.45) is 0 Å². The van der Waals surface area contributed by atoms with E-state index in [1.807, 2.05) is 48.5 Å². The van der Waals surface area contributed by atoms with Gasteiger partial charge in [-0.25, -0.2) is 0 Å². The van der Waals surface area contributed by atoms with Gasteiger partial charge in [-0.3, -0.25) is 0 Å². The smallest absolute Gasteiger partial charge is 0.173 e. The topological polar surface area (TPSA) is 33.7 Å². The first-order valence-electron chi connectivity index (χ1n) is 7.55. The monoisotopic (exact) mass is 364 g/mol. The molecule has 24 heavy (non-hydrogen) atoms. The zero-order valence-electron chi connectivity index (χ0n) is 13.8. The van der Waals surface area contributed by atoms with Crippen LogP contribution >= 0.6 is 23.8 Å². The van der Waals surface area contributed by atoms with E-state index in [0.29, 0.717) is 29.8 Å². The minimum atomic E-state index is 0.596. The number of nitrogens with one attached hydrogen (secondary N) is 1. The fourth-order valence-corrected chi connectivity index (χ4v) is 2.54. The summed E-state index contributed by atoms with van der Waals surface area (Å²) in [5, 5.41) is 4.58. The van der Waals surface area contributed by atoms with E-state index in [4.69, 9.17) is 33.3 Å². The molecule has 2 aromatic rings. The van der Waals surface area contributed by atoms with Crippen LogP contribution < -0.4 is 10.1 Å².